The number of aromatic nitrogens is 1. The molecule has 1 aromatic heterocycles. The number of halogens is 1. The second-order valence-corrected chi connectivity index (χ2v) is 5.95. The minimum absolute atomic E-state index is 0. The average molecular weight is 366 g/mol. The van der Waals surface area contributed by atoms with Gasteiger partial charge < -0.3 is 14.1 Å². The summed E-state index contributed by atoms with van der Waals surface area (Å²) in [6.45, 7) is 6.57. The summed E-state index contributed by atoms with van der Waals surface area (Å²) in [5.41, 5.74) is 1.26. The van der Waals surface area contributed by atoms with E-state index in [2.05, 4.69) is 22.0 Å². The quantitative estimate of drug-likeness (QED) is 0.786. The lowest BCUT2D eigenvalue weighted by atomic mass is 10.2. The SMILES string of the molecule is CC(=O)N1CCN(Cc2ccc(OCCc3ncco3)cc2)CC1.Cl. The Balaban J connectivity index is 0.00000225. The Morgan fingerprint density at radius 3 is 2.52 bits per heavy atom. The molecule has 1 saturated heterocycles. The van der Waals surface area contributed by atoms with E-state index in [1.54, 1.807) is 19.4 Å². The summed E-state index contributed by atoms with van der Waals surface area (Å²) in [6.07, 6.45) is 3.87. The van der Waals surface area contributed by atoms with Gasteiger partial charge in [0, 0.05) is 39.6 Å². The van der Waals surface area contributed by atoms with E-state index in [9.17, 15) is 4.79 Å². The van der Waals surface area contributed by atoms with Crippen LogP contribution in [-0.4, -0.2) is 53.5 Å². The molecular weight excluding hydrogens is 342 g/mol. The Morgan fingerprint density at radius 1 is 1.20 bits per heavy atom. The van der Waals surface area contributed by atoms with Crippen LogP contribution in [0.15, 0.2) is 41.1 Å². The molecule has 0 radical (unpaired) electrons. The van der Waals surface area contributed by atoms with Crippen molar-refractivity contribution < 1.29 is 13.9 Å². The van der Waals surface area contributed by atoms with E-state index in [1.165, 1.54) is 5.56 Å². The normalized spacial score (nSPS) is 14.8. The van der Waals surface area contributed by atoms with Crippen molar-refractivity contribution in [2.45, 2.75) is 19.9 Å². The zero-order chi connectivity index (χ0) is 16.8. The molecule has 0 saturated carbocycles. The number of rotatable bonds is 6. The van der Waals surface area contributed by atoms with Crippen LogP contribution in [-0.2, 0) is 17.8 Å². The third-order valence-electron chi connectivity index (χ3n) is 4.22. The molecule has 1 fully saturated rings. The van der Waals surface area contributed by atoms with Gasteiger partial charge in [-0.25, -0.2) is 4.98 Å². The first-order valence-corrected chi connectivity index (χ1v) is 8.29. The van der Waals surface area contributed by atoms with Gasteiger partial charge in [0.05, 0.1) is 19.2 Å². The number of hydrogen-bond donors (Lipinski definition) is 0. The van der Waals surface area contributed by atoms with Crippen molar-refractivity contribution in [2.24, 2.45) is 0 Å². The number of carbonyl (C=O) groups is 1. The molecule has 2 heterocycles. The summed E-state index contributed by atoms with van der Waals surface area (Å²) in [6, 6.07) is 8.18. The van der Waals surface area contributed by atoms with Crippen molar-refractivity contribution in [3.63, 3.8) is 0 Å². The van der Waals surface area contributed by atoms with Gasteiger partial charge in [-0.1, -0.05) is 12.1 Å². The molecule has 1 aliphatic heterocycles. The molecule has 6 nitrogen and oxygen atoms in total. The first-order chi connectivity index (χ1) is 11.7. The number of nitrogens with zero attached hydrogens (tertiary/aromatic N) is 3. The van der Waals surface area contributed by atoms with Crippen LogP contribution in [0.4, 0.5) is 0 Å². The van der Waals surface area contributed by atoms with Crippen LogP contribution < -0.4 is 4.74 Å². The minimum Gasteiger partial charge on any atom is -0.493 e. The molecular formula is C18H24ClN3O3. The molecule has 0 aliphatic carbocycles. The molecule has 2 aromatic rings. The smallest absolute Gasteiger partial charge is 0.219 e. The average Bonchev–Trinajstić information content (AvgIpc) is 3.10. The molecule has 0 atom stereocenters. The van der Waals surface area contributed by atoms with Gasteiger partial charge >= 0.3 is 0 Å². The Hall–Kier alpha value is -2.05. The molecule has 136 valence electrons. The molecule has 1 aliphatic rings. The zero-order valence-electron chi connectivity index (χ0n) is 14.4. The molecule has 1 aromatic carbocycles. The standard InChI is InChI=1S/C18H23N3O3.ClH/c1-15(22)21-10-8-20(9-11-21)14-16-2-4-17(5-3-16)23-12-6-18-19-7-13-24-18;/h2-5,7,13H,6,8-12,14H2,1H3;1H. The maximum absolute atomic E-state index is 11.3. The van der Waals surface area contributed by atoms with Gasteiger partial charge in [0.15, 0.2) is 5.89 Å². The largest absolute Gasteiger partial charge is 0.493 e. The van der Waals surface area contributed by atoms with Crippen LogP contribution in [0.5, 0.6) is 5.75 Å². The van der Waals surface area contributed by atoms with E-state index >= 15 is 0 Å². The van der Waals surface area contributed by atoms with Crippen LogP contribution in [0.2, 0.25) is 0 Å². The van der Waals surface area contributed by atoms with Crippen molar-refractivity contribution in [1.82, 2.24) is 14.8 Å². The van der Waals surface area contributed by atoms with E-state index < -0.39 is 0 Å². The lowest BCUT2D eigenvalue weighted by molar-refractivity contribution is -0.130. The summed E-state index contributed by atoms with van der Waals surface area (Å²) >= 11 is 0. The van der Waals surface area contributed by atoms with Gasteiger partial charge in [0.1, 0.15) is 12.0 Å². The summed E-state index contributed by atoms with van der Waals surface area (Å²) in [7, 11) is 0. The molecule has 3 rings (SSSR count). The van der Waals surface area contributed by atoms with Crippen molar-refractivity contribution in [3.8, 4) is 5.75 Å². The third kappa shape index (κ3) is 5.76. The number of benzene rings is 1. The summed E-state index contributed by atoms with van der Waals surface area (Å²) in [5.74, 6) is 1.71. The van der Waals surface area contributed by atoms with Gasteiger partial charge in [-0.15, -0.1) is 12.4 Å². The first-order valence-electron chi connectivity index (χ1n) is 8.29. The summed E-state index contributed by atoms with van der Waals surface area (Å²) < 4.78 is 10.9. The Kier molecular flexibility index (Phi) is 7.28. The van der Waals surface area contributed by atoms with Gasteiger partial charge in [-0.05, 0) is 17.7 Å². The lowest BCUT2D eigenvalue weighted by Crippen LogP contribution is -2.47. The second-order valence-electron chi connectivity index (χ2n) is 5.95. The highest BCUT2D eigenvalue weighted by atomic mass is 35.5. The first kappa shape index (κ1) is 19.3. The van der Waals surface area contributed by atoms with Crippen molar-refractivity contribution in [2.75, 3.05) is 32.8 Å². The fourth-order valence-corrected chi connectivity index (χ4v) is 2.80. The Morgan fingerprint density at radius 2 is 1.92 bits per heavy atom. The molecule has 0 spiro atoms. The van der Waals surface area contributed by atoms with E-state index in [1.807, 2.05) is 17.0 Å². The van der Waals surface area contributed by atoms with Crippen LogP contribution in [0.3, 0.4) is 0 Å². The maximum Gasteiger partial charge on any atom is 0.219 e. The highest BCUT2D eigenvalue weighted by molar-refractivity contribution is 5.85. The second kappa shape index (κ2) is 9.44. The fourth-order valence-electron chi connectivity index (χ4n) is 2.80. The molecule has 0 unspecified atom stereocenters. The molecule has 0 N–H and O–H groups in total. The van der Waals surface area contributed by atoms with Crippen molar-refractivity contribution >= 4 is 18.3 Å². The van der Waals surface area contributed by atoms with E-state index in [4.69, 9.17) is 9.15 Å². The van der Waals surface area contributed by atoms with E-state index in [-0.39, 0.29) is 18.3 Å². The zero-order valence-corrected chi connectivity index (χ0v) is 15.2. The highest BCUT2D eigenvalue weighted by Crippen LogP contribution is 2.15. The van der Waals surface area contributed by atoms with Crippen LogP contribution in [0, 0.1) is 0 Å². The topological polar surface area (TPSA) is 58.8 Å². The van der Waals surface area contributed by atoms with E-state index in [0.717, 1.165) is 38.5 Å². The highest BCUT2D eigenvalue weighted by Gasteiger charge is 2.18. The molecule has 7 heteroatoms. The molecule has 1 amide bonds. The number of amides is 1. The monoisotopic (exact) mass is 365 g/mol. The van der Waals surface area contributed by atoms with Crippen LogP contribution >= 0.6 is 12.4 Å². The number of carbonyl (C=O) groups excluding carboxylic acids is 1. The Bertz CT molecular complexity index is 638. The number of hydrogen-bond acceptors (Lipinski definition) is 5. The van der Waals surface area contributed by atoms with E-state index in [0.29, 0.717) is 18.9 Å². The van der Waals surface area contributed by atoms with Crippen molar-refractivity contribution in [3.05, 3.63) is 48.2 Å². The predicted octanol–water partition coefficient (Wildman–Crippen LogP) is 2.38. The number of piperazine rings is 1. The maximum atomic E-state index is 11.3. The molecule has 25 heavy (non-hydrogen) atoms. The van der Waals surface area contributed by atoms with Gasteiger partial charge in [-0.3, -0.25) is 9.69 Å². The van der Waals surface area contributed by atoms with Gasteiger partial charge in [0.2, 0.25) is 5.91 Å². The van der Waals surface area contributed by atoms with Crippen LogP contribution in [0.1, 0.15) is 18.4 Å². The predicted molar refractivity (Wildman–Crippen MR) is 96.9 cm³/mol. The summed E-state index contributed by atoms with van der Waals surface area (Å²) in [4.78, 5) is 19.7. The molecule has 0 bridgehead atoms. The Labute approximate surface area is 154 Å². The fraction of sp³-hybridized carbons (Fsp3) is 0.444. The number of oxazole rings is 1. The lowest BCUT2D eigenvalue weighted by Gasteiger charge is -2.34. The van der Waals surface area contributed by atoms with Crippen LogP contribution in [0.25, 0.3) is 0 Å². The van der Waals surface area contributed by atoms with Gasteiger partial charge in [0.25, 0.3) is 0 Å². The minimum atomic E-state index is 0. The summed E-state index contributed by atoms with van der Waals surface area (Å²) in [5, 5.41) is 0. The van der Waals surface area contributed by atoms with Crippen molar-refractivity contribution in [1.29, 1.82) is 0 Å². The number of ether oxygens (including phenoxy) is 1. The van der Waals surface area contributed by atoms with Gasteiger partial charge in [-0.2, -0.15) is 0 Å². The third-order valence-corrected chi connectivity index (χ3v) is 4.22.